The van der Waals surface area contributed by atoms with Crippen molar-refractivity contribution in [1.29, 1.82) is 0 Å². The fourth-order valence-electron chi connectivity index (χ4n) is 6.41. The molecule has 44 heavy (non-hydrogen) atoms. The third kappa shape index (κ3) is 6.05. The lowest BCUT2D eigenvalue weighted by molar-refractivity contribution is 0.185. The first-order valence-electron chi connectivity index (χ1n) is 15.6. The highest BCUT2D eigenvalue weighted by Crippen LogP contribution is 2.52. The molecule has 1 N–H and O–H groups in total. The Hall–Kier alpha value is -3.91. The van der Waals surface area contributed by atoms with Crippen molar-refractivity contribution in [3.63, 3.8) is 0 Å². The molecule has 0 amide bonds. The van der Waals surface area contributed by atoms with Crippen molar-refractivity contribution in [1.82, 2.24) is 19.9 Å². The van der Waals surface area contributed by atoms with Crippen molar-refractivity contribution in [2.75, 3.05) is 11.3 Å². The summed E-state index contributed by atoms with van der Waals surface area (Å²) in [5, 5.41) is 0. The molecule has 0 saturated heterocycles. The molecule has 1 aliphatic heterocycles. The number of hydrogen-bond acceptors (Lipinski definition) is 8. The topological polar surface area (TPSA) is 86.0 Å². The normalized spacial score (nSPS) is 19.1. The van der Waals surface area contributed by atoms with E-state index < -0.39 is 0 Å². The zero-order chi connectivity index (χ0) is 30.4. The molecule has 5 aromatic rings. The predicted octanol–water partition coefficient (Wildman–Crippen LogP) is 9.06. The summed E-state index contributed by atoms with van der Waals surface area (Å²) in [5.41, 5.74) is 8.36. The van der Waals surface area contributed by atoms with Crippen molar-refractivity contribution >= 4 is 29.1 Å². The molecule has 226 valence electrons. The first kappa shape index (κ1) is 28.8. The minimum atomic E-state index is 0.190. The number of nitrogens with zero attached hydrogens (tertiary/aromatic N) is 4. The highest BCUT2D eigenvalue weighted by atomic mass is 32.2. The van der Waals surface area contributed by atoms with Crippen molar-refractivity contribution < 1.29 is 9.15 Å². The Kier molecular flexibility index (Phi) is 7.57. The fourth-order valence-corrected chi connectivity index (χ4v) is 7.05. The average Bonchev–Trinajstić information content (AvgIpc) is 3.57. The van der Waals surface area contributed by atoms with Gasteiger partial charge in [0.25, 0.3) is 0 Å². The molecule has 4 heterocycles. The number of aromatic nitrogens is 4. The molecule has 2 atom stereocenters. The Morgan fingerprint density at radius 3 is 2.57 bits per heavy atom. The summed E-state index contributed by atoms with van der Waals surface area (Å²) < 4.78 is 16.0. The standard InChI is InChI=1S/C36H39N5O2S/c1-21(2)31-16-30-34(43-31)37-19-26(38-30)15-28-24-10-7-11-27(14-24)44-41-35-39-29(33-22(3)8-6-9-23(33)4)17-32(40-35)42-20-25(28)18-36(5)12-13-36/h6-11,14,16-17,19,21,25,28H,12-13,15,18,20H2,1-5H3,(H,39,40,41). The van der Waals surface area contributed by atoms with Gasteiger partial charge in [0.05, 0.1) is 24.2 Å². The van der Waals surface area contributed by atoms with Gasteiger partial charge in [-0.2, -0.15) is 4.98 Å². The summed E-state index contributed by atoms with van der Waals surface area (Å²) in [4.78, 5) is 20.5. The molecular formula is C36H39N5O2S. The summed E-state index contributed by atoms with van der Waals surface area (Å²) in [5.74, 6) is 2.78. The molecule has 8 heteroatoms. The highest BCUT2D eigenvalue weighted by Gasteiger charge is 2.42. The van der Waals surface area contributed by atoms with Gasteiger partial charge in [-0.15, -0.1) is 0 Å². The lowest BCUT2D eigenvalue weighted by atomic mass is 9.78. The van der Waals surface area contributed by atoms with Gasteiger partial charge in [0, 0.05) is 34.4 Å². The van der Waals surface area contributed by atoms with E-state index in [0.717, 1.165) is 46.0 Å². The molecule has 7 rings (SSSR count). The number of aryl methyl sites for hydroxylation is 2. The van der Waals surface area contributed by atoms with Crippen LogP contribution in [0.2, 0.25) is 0 Å². The van der Waals surface area contributed by atoms with Crippen LogP contribution < -0.4 is 9.46 Å². The zero-order valence-corrected chi connectivity index (χ0v) is 26.9. The SMILES string of the molecule is Cc1cccc(C)c1-c1cc2nc(n1)NSc1cccc(c1)C(Cc1cnc3oc(C(C)C)cc3n1)C(CC1(C)CC1)CO2. The molecule has 2 unspecified atom stereocenters. The van der Waals surface area contributed by atoms with Gasteiger partial charge in [-0.3, -0.25) is 4.72 Å². The maximum absolute atomic E-state index is 6.64. The fraction of sp³-hybridized carbons (Fsp3) is 0.389. The second-order valence-corrected chi connectivity index (χ2v) is 14.1. The van der Waals surface area contributed by atoms with Gasteiger partial charge in [0.15, 0.2) is 0 Å². The Morgan fingerprint density at radius 2 is 1.80 bits per heavy atom. The van der Waals surface area contributed by atoms with E-state index >= 15 is 0 Å². The van der Waals surface area contributed by atoms with Crippen LogP contribution in [0.15, 0.2) is 70.1 Å². The number of ether oxygens (including phenoxy) is 1. The van der Waals surface area contributed by atoms with E-state index in [1.54, 1.807) is 0 Å². The first-order chi connectivity index (χ1) is 21.2. The van der Waals surface area contributed by atoms with Gasteiger partial charge in [0.1, 0.15) is 11.3 Å². The third-order valence-corrected chi connectivity index (χ3v) is 9.94. The molecule has 1 fully saturated rings. The molecule has 2 aromatic carbocycles. The number of furan rings is 1. The maximum atomic E-state index is 6.64. The van der Waals surface area contributed by atoms with Crippen LogP contribution in [0.3, 0.4) is 0 Å². The van der Waals surface area contributed by atoms with Gasteiger partial charge in [0.2, 0.25) is 17.5 Å². The summed E-state index contributed by atoms with van der Waals surface area (Å²) in [6, 6.07) is 19.2. The molecule has 7 nitrogen and oxygen atoms in total. The van der Waals surface area contributed by atoms with Crippen molar-refractivity contribution in [3.8, 4) is 17.1 Å². The van der Waals surface area contributed by atoms with Crippen LogP contribution >= 0.6 is 11.9 Å². The van der Waals surface area contributed by atoms with Gasteiger partial charge in [-0.05, 0) is 91.6 Å². The van der Waals surface area contributed by atoms with Crippen LogP contribution in [0.5, 0.6) is 5.88 Å². The molecular weight excluding hydrogens is 566 g/mol. The maximum Gasteiger partial charge on any atom is 0.245 e. The van der Waals surface area contributed by atoms with Gasteiger partial charge >= 0.3 is 0 Å². The van der Waals surface area contributed by atoms with Crippen LogP contribution in [0.1, 0.15) is 80.0 Å². The van der Waals surface area contributed by atoms with Crippen molar-refractivity contribution in [2.45, 2.75) is 77.0 Å². The van der Waals surface area contributed by atoms with E-state index in [1.807, 2.05) is 18.3 Å². The minimum absolute atomic E-state index is 0.190. The number of hydrogen-bond donors (Lipinski definition) is 1. The quantitative estimate of drug-likeness (QED) is 0.192. The Morgan fingerprint density at radius 1 is 1.00 bits per heavy atom. The highest BCUT2D eigenvalue weighted by molar-refractivity contribution is 8.00. The van der Waals surface area contributed by atoms with Crippen molar-refractivity contribution in [2.24, 2.45) is 11.3 Å². The smallest absolute Gasteiger partial charge is 0.245 e. The summed E-state index contributed by atoms with van der Waals surface area (Å²) >= 11 is 1.53. The van der Waals surface area contributed by atoms with E-state index in [1.165, 1.54) is 41.5 Å². The van der Waals surface area contributed by atoms with Gasteiger partial charge < -0.3 is 9.15 Å². The number of nitrogens with one attached hydrogen (secondary N) is 1. The van der Waals surface area contributed by atoms with Crippen LogP contribution in [0, 0.1) is 25.2 Å². The second-order valence-electron chi connectivity index (χ2n) is 13.2. The monoisotopic (exact) mass is 605 g/mol. The van der Waals surface area contributed by atoms with Crippen LogP contribution in [0.25, 0.3) is 22.5 Å². The number of fused-ring (bicyclic) bond motifs is 5. The van der Waals surface area contributed by atoms with Crippen LogP contribution in [-0.4, -0.2) is 26.5 Å². The molecule has 1 saturated carbocycles. The largest absolute Gasteiger partial charge is 0.477 e. The van der Waals surface area contributed by atoms with E-state index in [-0.39, 0.29) is 17.8 Å². The van der Waals surface area contributed by atoms with Gasteiger partial charge in [-0.1, -0.05) is 51.1 Å². The Bertz CT molecular complexity index is 1810. The molecule has 3 aromatic heterocycles. The number of anilines is 1. The summed E-state index contributed by atoms with van der Waals surface area (Å²) in [6.07, 6.45) is 6.23. The van der Waals surface area contributed by atoms with Gasteiger partial charge in [-0.25, -0.2) is 15.0 Å². The summed E-state index contributed by atoms with van der Waals surface area (Å²) in [7, 11) is 0. The lowest BCUT2D eigenvalue weighted by Crippen LogP contribution is -2.26. The first-order valence-corrected chi connectivity index (χ1v) is 16.4. The lowest BCUT2D eigenvalue weighted by Gasteiger charge is -2.30. The second kappa shape index (κ2) is 11.5. The van der Waals surface area contributed by atoms with E-state index in [4.69, 9.17) is 24.1 Å². The predicted molar refractivity (Wildman–Crippen MR) is 176 cm³/mol. The number of rotatable bonds is 6. The van der Waals surface area contributed by atoms with Crippen LogP contribution in [-0.2, 0) is 6.42 Å². The molecule has 0 radical (unpaired) electrons. The van der Waals surface area contributed by atoms with E-state index in [2.05, 4.69) is 86.8 Å². The van der Waals surface area contributed by atoms with Crippen molar-refractivity contribution in [3.05, 3.63) is 88.9 Å². The summed E-state index contributed by atoms with van der Waals surface area (Å²) in [6.45, 7) is 11.5. The van der Waals surface area contributed by atoms with E-state index in [9.17, 15) is 0 Å². The zero-order valence-electron chi connectivity index (χ0n) is 26.1. The van der Waals surface area contributed by atoms with Crippen LogP contribution in [0.4, 0.5) is 5.95 Å². The average molecular weight is 606 g/mol. The van der Waals surface area contributed by atoms with E-state index in [0.29, 0.717) is 29.6 Å². The third-order valence-electron chi connectivity index (χ3n) is 9.16. The Labute approximate surface area is 263 Å². The minimum Gasteiger partial charge on any atom is -0.477 e. The molecule has 4 bridgehead atoms. The Balaban J connectivity index is 1.28. The molecule has 1 aliphatic carbocycles. The molecule has 0 spiro atoms. The number of benzene rings is 2. The molecule has 2 aliphatic rings.